The molecule has 0 saturated carbocycles. The number of carbonyl (C=O) groups is 1. The van der Waals surface area contributed by atoms with E-state index < -0.39 is 5.91 Å². The van der Waals surface area contributed by atoms with Crippen LogP contribution in [-0.2, 0) is 11.3 Å². The van der Waals surface area contributed by atoms with Gasteiger partial charge in [-0.05, 0) is 0 Å². The van der Waals surface area contributed by atoms with Gasteiger partial charge in [0.15, 0.2) is 17.2 Å². The second-order valence-electron chi connectivity index (χ2n) is 4.81. The Kier molecular flexibility index (Phi) is 3.08. The number of methoxy groups -OCH3 is 1. The third-order valence-electron chi connectivity index (χ3n) is 3.32. The molecular formula is C13H12N6O4. The lowest BCUT2D eigenvalue weighted by atomic mass is 10.3. The molecule has 1 amide bonds. The van der Waals surface area contributed by atoms with E-state index in [-0.39, 0.29) is 19.1 Å². The van der Waals surface area contributed by atoms with E-state index in [1.54, 1.807) is 12.1 Å². The van der Waals surface area contributed by atoms with Crippen LogP contribution in [-0.4, -0.2) is 45.2 Å². The molecule has 23 heavy (non-hydrogen) atoms. The van der Waals surface area contributed by atoms with Crippen molar-refractivity contribution in [2.75, 3.05) is 19.2 Å². The maximum atomic E-state index is 12.3. The number of nitrogens with one attached hydrogen (secondary N) is 3. The molecule has 1 aromatic carbocycles. The average Bonchev–Trinajstić information content (AvgIpc) is 3.22. The zero-order valence-electron chi connectivity index (χ0n) is 12.0. The lowest BCUT2D eigenvalue weighted by molar-refractivity contribution is 0.101. The Morgan fingerprint density at radius 3 is 3.00 bits per heavy atom. The van der Waals surface area contributed by atoms with Crippen LogP contribution in [0.3, 0.4) is 0 Å². The molecule has 10 heteroatoms. The number of imidazole rings is 1. The van der Waals surface area contributed by atoms with Crippen LogP contribution in [0, 0.1) is 0 Å². The fourth-order valence-electron chi connectivity index (χ4n) is 2.30. The first-order chi connectivity index (χ1) is 11.2. The first kappa shape index (κ1) is 13.5. The summed E-state index contributed by atoms with van der Waals surface area (Å²) in [7, 11) is 1.51. The normalized spacial score (nSPS) is 12.7. The quantitative estimate of drug-likeness (QED) is 0.650. The van der Waals surface area contributed by atoms with Crippen molar-refractivity contribution < 1.29 is 19.0 Å². The third-order valence-corrected chi connectivity index (χ3v) is 3.32. The van der Waals surface area contributed by atoms with Crippen molar-refractivity contribution in [1.82, 2.24) is 25.4 Å². The van der Waals surface area contributed by atoms with Gasteiger partial charge in [-0.15, -0.1) is 0 Å². The summed E-state index contributed by atoms with van der Waals surface area (Å²) < 4.78 is 15.6. The monoisotopic (exact) mass is 316 g/mol. The van der Waals surface area contributed by atoms with E-state index in [2.05, 4.69) is 30.7 Å². The van der Waals surface area contributed by atoms with Gasteiger partial charge < -0.3 is 19.2 Å². The van der Waals surface area contributed by atoms with Crippen molar-refractivity contribution in [2.45, 2.75) is 6.61 Å². The van der Waals surface area contributed by atoms with Crippen LogP contribution in [0.25, 0.3) is 11.0 Å². The number of ether oxygens (including phenoxy) is 3. The number of anilines is 1. The van der Waals surface area contributed by atoms with Crippen LogP contribution < -0.4 is 14.8 Å². The molecule has 1 aliphatic heterocycles. The Morgan fingerprint density at radius 2 is 2.17 bits per heavy atom. The molecule has 0 fully saturated rings. The summed E-state index contributed by atoms with van der Waals surface area (Å²) in [6.07, 6.45) is 0. The van der Waals surface area contributed by atoms with Crippen LogP contribution >= 0.6 is 0 Å². The molecule has 0 bridgehead atoms. The molecule has 118 valence electrons. The van der Waals surface area contributed by atoms with Crippen LogP contribution in [0.2, 0.25) is 0 Å². The SMILES string of the molecule is COCc1n[nH]nc1C(=O)Nc1nc2cc3c(cc2[nH]1)OCO3. The summed E-state index contributed by atoms with van der Waals surface area (Å²) in [5.41, 5.74) is 1.95. The summed E-state index contributed by atoms with van der Waals surface area (Å²) in [6.45, 7) is 0.376. The predicted octanol–water partition coefficient (Wildman–Crippen LogP) is 0.808. The van der Waals surface area contributed by atoms with E-state index in [0.717, 1.165) is 5.52 Å². The molecule has 2 aromatic heterocycles. The predicted molar refractivity (Wildman–Crippen MR) is 77.3 cm³/mol. The van der Waals surface area contributed by atoms with Crippen molar-refractivity contribution in [1.29, 1.82) is 0 Å². The minimum atomic E-state index is -0.440. The Balaban J connectivity index is 1.60. The van der Waals surface area contributed by atoms with Gasteiger partial charge in [0, 0.05) is 19.2 Å². The van der Waals surface area contributed by atoms with Gasteiger partial charge in [-0.25, -0.2) is 4.98 Å². The van der Waals surface area contributed by atoms with Gasteiger partial charge in [-0.1, -0.05) is 0 Å². The van der Waals surface area contributed by atoms with Gasteiger partial charge in [-0.2, -0.15) is 15.4 Å². The third kappa shape index (κ3) is 2.34. The van der Waals surface area contributed by atoms with Gasteiger partial charge in [0.2, 0.25) is 12.7 Å². The van der Waals surface area contributed by atoms with Crippen molar-refractivity contribution in [3.63, 3.8) is 0 Å². The van der Waals surface area contributed by atoms with Crippen LogP contribution in [0.1, 0.15) is 16.2 Å². The van der Waals surface area contributed by atoms with Crippen molar-refractivity contribution in [3.05, 3.63) is 23.5 Å². The zero-order chi connectivity index (χ0) is 15.8. The Bertz CT molecular complexity index is 845. The fourth-order valence-corrected chi connectivity index (χ4v) is 2.30. The molecule has 3 heterocycles. The molecule has 0 radical (unpaired) electrons. The number of benzene rings is 1. The molecule has 0 unspecified atom stereocenters. The second-order valence-corrected chi connectivity index (χ2v) is 4.81. The number of fused-ring (bicyclic) bond motifs is 2. The summed E-state index contributed by atoms with van der Waals surface area (Å²) >= 11 is 0. The highest BCUT2D eigenvalue weighted by molar-refractivity contribution is 6.03. The van der Waals surface area contributed by atoms with Crippen molar-refractivity contribution >= 4 is 22.9 Å². The highest BCUT2D eigenvalue weighted by atomic mass is 16.7. The first-order valence-electron chi connectivity index (χ1n) is 6.74. The number of H-pyrrole nitrogens is 2. The molecule has 3 N–H and O–H groups in total. The molecule has 0 saturated heterocycles. The fraction of sp³-hybridized carbons (Fsp3) is 0.231. The number of aromatic nitrogens is 5. The maximum absolute atomic E-state index is 12.3. The topological polar surface area (TPSA) is 127 Å². The summed E-state index contributed by atoms with van der Waals surface area (Å²) in [4.78, 5) is 19.6. The molecule has 10 nitrogen and oxygen atoms in total. The summed E-state index contributed by atoms with van der Waals surface area (Å²) in [5, 5.41) is 12.7. The lowest BCUT2D eigenvalue weighted by Crippen LogP contribution is -2.15. The standard InChI is InChI=1S/C13H12N6O4/c1-21-4-8-11(18-19-17-8)12(20)16-13-14-6-2-9-10(23-5-22-9)3-7(6)15-13/h2-3H,4-5H2,1H3,(H,17,18,19)(H2,14,15,16,20). The first-order valence-corrected chi connectivity index (χ1v) is 6.74. The second kappa shape index (κ2) is 5.25. The highest BCUT2D eigenvalue weighted by Crippen LogP contribution is 2.35. The highest BCUT2D eigenvalue weighted by Gasteiger charge is 2.19. The Labute approximate surface area is 129 Å². The lowest BCUT2D eigenvalue weighted by Gasteiger charge is -2.00. The van der Waals surface area contributed by atoms with Gasteiger partial charge in [0.05, 0.1) is 17.6 Å². The summed E-state index contributed by atoms with van der Waals surface area (Å²) in [5.74, 6) is 1.11. The maximum Gasteiger partial charge on any atom is 0.280 e. The summed E-state index contributed by atoms with van der Waals surface area (Å²) in [6, 6.07) is 3.52. The minimum absolute atomic E-state index is 0.154. The molecule has 0 atom stereocenters. The number of hydrogen-bond acceptors (Lipinski definition) is 7. The number of aromatic amines is 2. The largest absolute Gasteiger partial charge is 0.454 e. The van der Waals surface area contributed by atoms with Gasteiger partial charge in [-0.3, -0.25) is 10.1 Å². The molecule has 0 aliphatic carbocycles. The average molecular weight is 316 g/mol. The minimum Gasteiger partial charge on any atom is -0.454 e. The van der Waals surface area contributed by atoms with E-state index in [4.69, 9.17) is 14.2 Å². The van der Waals surface area contributed by atoms with Crippen LogP contribution in [0.15, 0.2) is 12.1 Å². The molecule has 0 spiro atoms. The van der Waals surface area contributed by atoms with E-state index in [1.807, 2.05) is 0 Å². The van der Waals surface area contributed by atoms with Gasteiger partial charge >= 0.3 is 0 Å². The molecule has 1 aliphatic rings. The van der Waals surface area contributed by atoms with Crippen molar-refractivity contribution in [2.24, 2.45) is 0 Å². The molecule has 4 rings (SSSR count). The molecular weight excluding hydrogens is 304 g/mol. The number of amides is 1. The zero-order valence-corrected chi connectivity index (χ0v) is 12.0. The smallest absolute Gasteiger partial charge is 0.280 e. The molecule has 3 aromatic rings. The van der Waals surface area contributed by atoms with E-state index in [9.17, 15) is 4.79 Å². The van der Waals surface area contributed by atoms with Gasteiger partial charge in [0.25, 0.3) is 5.91 Å². The number of carbonyl (C=O) groups excluding carboxylic acids is 1. The number of nitrogens with zero attached hydrogens (tertiary/aromatic N) is 3. The number of rotatable bonds is 4. The van der Waals surface area contributed by atoms with E-state index >= 15 is 0 Å². The van der Waals surface area contributed by atoms with E-state index in [0.29, 0.717) is 28.7 Å². The van der Waals surface area contributed by atoms with Crippen LogP contribution in [0.5, 0.6) is 11.5 Å². The van der Waals surface area contributed by atoms with E-state index in [1.165, 1.54) is 7.11 Å². The Hall–Kier alpha value is -3.14. The number of hydrogen-bond donors (Lipinski definition) is 3. The van der Waals surface area contributed by atoms with Gasteiger partial charge in [0.1, 0.15) is 5.69 Å². The van der Waals surface area contributed by atoms with Crippen molar-refractivity contribution in [3.8, 4) is 11.5 Å². The Morgan fingerprint density at radius 1 is 1.35 bits per heavy atom. The van der Waals surface area contributed by atoms with Crippen LogP contribution in [0.4, 0.5) is 5.95 Å².